The van der Waals surface area contributed by atoms with Gasteiger partial charge in [0.2, 0.25) is 5.91 Å². The summed E-state index contributed by atoms with van der Waals surface area (Å²) in [5.74, 6) is -1.62. The van der Waals surface area contributed by atoms with Gasteiger partial charge in [0.05, 0.1) is 21.2 Å². The van der Waals surface area contributed by atoms with Gasteiger partial charge in [-0.15, -0.1) is 0 Å². The lowest BCUT2D eigenvalue weighted by Gasteiger charge is -2.15. The molecule has 0 saturated heterocycles. The van der Waals surface area contributed by atoms with E-state index in [2.05, 4.69) is 5.32 Å². The average Bonchev–Trinajstić information content (AvgIpc) is 2.48. The van der Waals surface area contributed by atoms with Crippen LogP contribution in [0.3, 0.4) is 0 Å². The second kappa shape index (κ2) is 7.12. The Bertz CT molecular complexity index is 962. The Labute approximate surface area is 151 Å². The minimum absolute atomic E-state index is 0.0933. The molecule has 0 aliphatic rings. The molecule has 0 saturated carbocycles. The number of carbonyl (C=O) groups excluding carboxylic acids is 1. The van der Waals surface area contributed by atoms with Gasteiger partial charge in [-0.1, -0.05) is 11.6 Å². The van der Waals surface area contributed by atoms with Crippen LogP contribution in [0.15, 0.2) is 41.3 Å². The van der Waals surface area contributed by atoms with E-state index in [1.807, 2.05) is 4.72 Å². The zero-order valence-corrected chi connectivity index (χ0v) is 14.6. The quantitative estimate of drug-likeness (QED) is 0.740. The third-order valence-electron chi connectivity index (χ3n) is 3.07. The van der Waals surface area contributed by atoms with Crippen LogP contribution >= 0.6 is 11.6 Å². The fourth-order valence-electron chi connectivity index (χ4n) is 2.04. The van der Waals surface area contributed by atoms with E-state index in [-0.39, 0.29) is 22.5 Å². The number of sulfonamides is 1. The number of halogens is 5. The molecule has 5 nitrogen and oxygen atoms in total. The molecule has 1 amide bonds. The first-order chi connectivity index (χ1) is 11.9. The third kappa shape index (κ3) is 4.64. The lowest BCUT2D eigenvalue weighted by atomic mass is 10.2. The van der Waals surface area contributed by atoms with Gasteiger partial charge in [-0.3, -0.25) is 9.52 Å². The van der Waals surface area contributed by atoms with Crippen molar-refractivity contribution in [2.75, 3.05) is 10.0 Å². The number of alkyl halides is 3. The van der Waals surface area contributed by atoms with Crippen LogP contribution in [0.1, 0.15) is 12.5 Å². The lowest BCUT2D eigenvalue weighted by Crippen LogP contribution is -2.19. The average molecular weight is 411 g/mol. The first-order valence-corrected chi connectivity index (χ1v) is 8.73. The Kier molecular flexibility index (Phi) is 5.47. The molecule has 2 aromatic carbocycles. The Morgan fingerprint density at radius 1 is 1.12 bits per heavy atom. The first kappa shape index (κ1) is 20.0. The highest BCUT2D eigenvalue weighted by atomic mass is 35.5. The summed E-state index contributed by atoms with van der Waals surface area (Å²) >= 11 is 5.90. The number of hydrogen-bond donors (Lipinski definition) is 2. The van der Waals surface area contributed by atoms with Crippen molar-refractivity contribution in [3.63, 3.8) is 0 Å². The van der Waals surface area contributed by atoms with Crippen LogP contribution in [0.4, 0.5) is 28.9 Å². The Morgan fingerprint density at radius 3 is 2.31 bits per heavy atom. The van der Waals surface area contributed by atoms with Crippen molar-refractivity contribution >= 4 is 38.9 Å². The maximum Gasteiger partial charge on any atom is 0.417 e. The molecule has 2 rings (SSSR count). The largest absolute Gasteiger partial charge is 0.417 e. The van der Waals surface area contributed by atoms with E-state index in [9.17, 15) is 30.8 Å². The number of benzene rings is 2. The molecule has 0 heterocycles. The van der Waals surface area contributed by atoms with Crippen LogP contribution in [-0.2, 0) is 21.0 Å². The van der Waals surface area contributed by atoms with E-state index in [4.69, 9.17) is 11.6 Å². The maximum atomic E-state index is 13.1. The van der Waals surface area contributed by atoms with Crippen LogP contribution in [0.5, 0.6) is 0 Å². The van der Waals surface area contributed by atoms with Crippen LogP contribution in [0, 0.1) is 5.82 Å². The second-order valence-electron chi connectivity index (χ2n) is 5.12. The van der Waals surface area contributed by atoms with Crippen LogP contribution in [0.25, 0.3) is 0 Å². The number of anilines is 2. The summed E-state index contributed by atoms with van der Waals surface area (Å²) in [5, 5.41) is 2.25. The summed E-state index contributed by atoms with van der Waals surface area (Å²) in [6, 6.07) is 4.90. The topological polar surface area (TPSA) is 75.3 Å². The molecule has 0 aliphatic heterocycles. The summed E-state index contributed by atoms with van der Waals surface area (Å²) < 4.78 is 78.8. The van der Waals surface area contributed by atoms with Gasteiger partial charge < -0.3 is 5.32 Å². The Balaban J connectivity index is 2.43. The van der Waals surface area contributed by atoms with Crippen LogP contribution < -0.4 is 10.0 Å². The molecular weight excluding hydrogens is 400 g/mol. The highest BCUT2D eigenvalue weighted by molar-refractivity contribution is 7.92. The molecule has 0 fully saturated rings. The van der Waals surface area contributed by atoms with Gasteiger partial charge in [0.15, 0.2) is 0 Å². The van der Waals surface area contributed by atoms with E-state index in [0.717, 1.165) is 0 Å². The number of hydrogen-bond acceptors (Lipinski definition) is 3. The number of carbonyl (C=O) groups is 1. The minimum atomic E-state index is -5.08. The fourth-order valence-corrected chi connectivity index (χ4v) is 3.61. The van der Waals surface area contributed by atoms with Crippen molar-refractivity contribution in [1.29, 1.82) is 0 Å². The highest BCUT2D eigenvalue weighted by Gasteiger charge is 2.37. The normalized spacial score (nSPS) is 11.9. The standard InChI is InChI=1S/C15H11ClF4N2O3S/c1-8(23)21-10-3-4-13(12(16)7-10)22-26(24,25)14-5-2-9(17)6-11(14)15(18,19)20/h2-7,22H,1H3,(H,21,23). The van der Waals surface area contributed by atoms with Crippen LogP contribution in [0.2, 0.25) is 5.02 Å². The van der Waals surface area contributed by atoms with Gasteiger partial charge in [0.25, 0.3) is 10.0 Å². The maximum absolute atomic E-state index is 13.1. The van der Waals surface area contributed by atoms with E-state index < -0.39 is 38.4 Å². The fraction of sp³-hybridized carbons (Fsp3) is 0.133. The van der Waals surface area contributed by atoms with Crippen molar-refractivity contribution in [3.8, 4) is 0 Å². The number of nitrogens with one attached hydrogen (secondary N) is 2. The molecule has 2 aromatic rings. The summed E-state index contributed by atoms with van der Waals surface area (Å²) in [7, 11) is -4.71. The smallest absolute Gasteiger partial charge is 0.326 e. The molecule has 0 radical (unpaired) electrons. The second-order valence-corrected chi connectivity index (χ2v) is 7.18. The monoisotopic (exact) mass is 410 g/mol. The Morgan fingerprint density at radius 2 is 1.77 bits per heavy atom. The molecule has 0 spiro atoms. The van der Waals surface area contributed by atoms with Crippen molar-refractivity contribution < 1.29 is 30.8 Å². The highest BCUT2D eigenvalue weighted by Crippen LogP contribution is 2.36. The van der Waals surface area contributed by atoms with Crippen molar-refractivity contribution in [3.05, 3.63) is 52.8 Å². The van der Waals surface area contributed by atoms with Crippen molar-refractivity contribution in [1.82, 2.24) is 0 Å². The molecule has 11 heteroatoms. The number of amides is 1. The molecule has 0 bridgehead atoms. The molecule has 0 aliphatic carbocycles. The first-order valence-electron chi connectivity index (χ1n) is 6.87. The van der Waals surface area contributed by atoms with E-state index in [1.54, 1.807) is 0 Å². The van der Waals surface area contributed by atoms with Crippen molar-refractivity contribution in [2.45, 2.75) is 18.0 Å². The van der Waals surface area contributed by atoms with Gasteiger partial charge in [-0.25, -0.2) is 12.8 Å². The van der Waals surface area contributed by atoms with Crippen LogP contribution in [-0.4, -0.2) is 14.3 Å². The van der Waals surface area contributed by atoms with E-state index in [0.29, 0.717) is 12.1 Å². The van der Waals surface area contributed by atoms with Gasteiger partial charge in [-0.05, 0) is 36.4 Å². The molecule has 2 N–H and O–H groups in total. The predicted octanol–water partition coefficient (Wildman–Crippen LogP) is 4.26. The Hall–Kier alpha value is -2.33. The minimum Gasteiger partial charge on any atom is -0.326 e. The summed E-state index contributed by atoms with van der Waals surface area (Å²) in [6.45, 7) is 1.25. The summed E-state index contributed by atoms with van der Waals surface area (Å²) in [6.07, 6.45) is -5.08. The van der Waals surface area contributed by atoms with E-state index in [1.165, 1.54) is 25.1 Å². The van der Waals surface area contributed by atoms with E-state index >= 15 is 0 Å². The predicted molar refractivity (Wildman–Crippen MR) is 88.0 cm³/mol. The molecule has 26 heavy (non-hydrogen) atoms. The van der Waals surface area contributed by atoms with Gasteiger partial charge in [0.1, 0.15) is 5.82 Å². The summed E-state index contributed by atoms with van der Waals surface area (Å²) in [4.78, 5) is 9.83. The molecular formula is C15H11ClF4N2O3S. The van der Waals surface area contributed by atoms with Gasteiger partial charge in [0, 0.05) is 12.6 Å². The molecule has 0 atom stereocenters. The zero-order chi connectivity index (χ0) is 19.7. The van der Waals surface area contributed by atoms with Gasteiger partial charge >= 0.3 is 6.18 Å². The molecule has 140 valence electrons. The SMILES string of the molecule is CC(=O)Nc1ccc(NS(=O)(=O)c2ccc(F)cc2C(F)(F)F)c(Cl)c1. The summed E-state index contributed by atoms with van der Waals surface area (Å²) in [5.41, 5.74) is -1.59. The molecule has 0 unspecified atom stereocenters. The third-order valence-corrected chi connectivity index (χ3v) is 4.81. The zero-order valence-electron chi connectivity index (χ0n) is 13.0. The van der Waals surface area contributed by atoms with Gasteiger partial charge in [-0.2, -0.15) is 13.2 Å². The number of rotatable bonds is 4. The van der Waals surface area contributed by atoms with Crippen molar-refractivity contribution in [2.24, 2.45) is 0 Å². The lowest BCUT2D eigenvalue weighted by molar-refractivity contribution is -0.140. The molecule has 0 aromatic heterocycles.